The molecule has 100 valence electrons. The van der Waals surface area contributed by atoms with Crippen LogP contribution in [0.25, 0.3) is 0 Å². The summed E-state index contributed by atoms with van der Waals surface area (Å²) in [6.45, 7) is 10.4. The van der Waals surface area contributed by atoms with Crippen molar-refractivity contribution in [2.75, 3.05) is 26.2 Å². The van der Waals surface area contributed by atoms with Crippen LogP contribution in [-0.2, 0) is 0 Å². The lowest BCUT2D eigenvalue weighted by atomic mass is 10.0. The molecule has 0 atom stereocenters. The van der Waals surface area contributed by atoms with Crippen LogP contribution in [0.5, 0.6) is 0 Å². The highest BCUT2D eigenvalue weighted by Gasteiger charge is 2.20. The number of piperidine rings is 1. The fourth-order valence-corrected chi connectivity index (χ4v) is 2.49. The highest BCUT2D eigenvalue weighted by Crippen LogP contribution is 2.14. The van der Waals surface area contributed by atoms with Crippen LogP contribution < -0.4 is 5.32 Å². The van der Waals surface area contributed by atoms with Crippen LogP contribution in [0, 0.1) is 5.92 Å². The Labute approximate surface area is 105 Å². The predicted octanol–water partition coefficient (Wildman–Crippen LogP) is 2.96. The van der Waals surface area contributed by atoms with Gasteiger partial charge in [0.1, 0.15) is 0 Å². The van der Waals surface area contributed by atoms with Crippen LogP contribution in [-0.4, -0.2) is 37.1 Å². The summed E-state index contributed by atoms with van der Waals surface area (Å²) >= 11 is 0. The van der Waals surface area contributed by atoms with E-state index < -0.39 is 0 Å². The molecule has 1 N–H and O–H groups in total. The maximum Gasteiger partial charge on any atom is 0.0929 e. The lowest BCUT2D eigenvalue weighted by Crippen LogP contribution is -2.44. The lowest BCUT2D eigenvalue weighted by molar-refractivity contribution is 0.147. The van der Waals surface area contributed by atoms with Crippen LogP contribution in [0.3, 0.4) is 0 Å². The molecule has 1 saturated heterocycles. The van der Waals surface area contributed by atoms with Gasteiger partial charge in [0.2, 0.25) is 0 Å². The molecule has 1 aliphatic rings. The van der Waals surface area contributed by atoms with Gasteiger partial charge in [0.15, 0.2) is 0 Å². The van der Waals surface area contributed by atoms with Gasteiger partial charge in [-0.05, 0) is 45.2 Å². The predicted molar refractivity (Wildman–Crippen MR) is 71.8 cm³/mol. The first-order valence-corrected chi connectivity index (χ1v) is 6.86. The van der Waals surface area contributed by atoms with Crippen molar-refractivity contribution in [3.05, 3.63) is 11.9 Å². The summed E-state index contributed by atoms with van der Waals surface area (Å²) in [4.78, 5) is 2.55. The Morgan fingerprint density at radius 3 is 2.59 bits per heavy atom. The zero-order valence-corrected chi connectivity index (χ0v) is 11.5. The van der Waals surface area contributed by atoms with Crippen LogP contribution >= 0.6 is 0 Å². The second-order valence-electron chi connectivity index (χ2n) is 5.45. The van der Waals surface area contributed by atoms with Crippen molar-refractivity contribution < 1.29 is 4.39 Å². The number of allylic oxidation sites excluding steroid dienone is 1. The normalized spacial score (nSPS) is 19.3. The van der Waals surface area contributed by atoms with Gasteiger partial charge in [-0.1, -0.05) is 19.9 Å². The first kappa shape index (κ1) is 14.7. The molecule has 1 heterocycles. The molecule has 0 radical (unpaired) electrons. The van der Waals surface area contributed by atoms with Gasteiger partial charge in [-0.2, -0.15) is 0 Å². The van der Waals surface area contributed by atoms with E-state index >= 15 is 0 Å². The van der Waals surface area contributed by atoms with Crippen molar-refractivity contribution in [2.24, 2.45) is 5.92 Å². The molecular formula is C14H27FN2. The summed E-state index contributed by atoms with van der Waals surface area (Å²) < 4.78 is 12.7. The maximum absolute atomic E-state index is 12.7. The smallest absolute Gasteiger partial charge is 0.0929 e. The first-order chi connectivity index (χ1) is 8.09. The maximum atomic E-state index is 12.7. The quantitative estimate of drug-likeness (QED) is 0.770. The van der Waals surface area contributed by atoms with E-state index in [1.165, 1.54) is 19.8 Å². The molecule has 3 heteroatoms. The Morgan fingerprint density at radius 1 is 1.41 bits per heavy atom. The minimum Gasteiger partial charge on any atom is -0.317 e. The molecule has 0 aliphatic carbocycles. The Hall–Kier alpha value is -0.410. The van der Waals surface area contributed by atoms with E-state index in [9.17, 15) is 4.39 Å². The molecule has 1 rings (SSSR count). The third-order valence-electron chi connectivity index (χ3n) is 3.27. The number of hydrogen-bond acceptors (Lipinski definition) is 2. The van der Waals surface area contributed by atoms with Crippen LogP contribution in [0.4, 0.5) is 4.39 Å². The van der Waals surface area contributed by atoms with E-state index in [0.29, 0.717) is 12.0 Å². The average Bonchev–Trinajstić information content (AvgIpc) is 2.28. The van der Waals surface area contributed by atoms with Crippen molar-refractivity contribution in [3.63, 3.8) is 0 Å². The van der Waals surface area contributed by atoms with E-state index in [1.54, 1.807) is 6.08 Å². The molecular weight excluding hydrogens is 215 g/mol. The molecule has 0 aromatic rings. The molecule has 0 aromatic heterocycles. The Balaban J connectivity index is 2.43. The molecule has 0 aromatic carbocycles. The zero-order valence-electron chi connectivity index (χ0n) is 11.5. The molecule has 2 nitrogen and oxygen atoms in total. The largest absolute Gasteiger partial charge is 0.317 e. The van der Waals surface area contributed by atoms with Gasteiger partial charge in [-0.3, -0.25) is 4.90 Å². The molecule has 1 fully saturated rings. The summed E-state index contributed by atoms with van der Waals surface area (Å²) in [6.07, 6.45) is 4.99. The Morgan fingerprint density at radius 2 is 2.06 bits per heavy atom. The highest BCUT2D eigenvalue weighted by molar-refractivity contribution is 4.88. The summed E-state index contributed by atoms with van der Waals surface area (Å²) in [5.74, 6) is 0.625. The average molecular weight is 242 g/mol. The molecule has 0 unspecified atom stereocenters. The molecule has 0 bridgehead atoms. The molecule has 0 saturated carbocycles. The van der Waals surface area contributed by atoms with Gasteiger partial charge in [-0.25, -0.2) is 4.39 Å². The topological polar surface area (TPSA) is 15.3 Å². The number of rotatable bonds is 6. The van der Waals surface area contributed by atoms with E-state index in [4.69, 9.17) is 0 Å². The zero-order chi connectivity index (χ0) is 12.7. The third kappa shape index (κ3) is 6.18. The van der Waals surface area contributed by atoms with E-state index in [1.807, 2.05) is 0 Å². The van der Waals surface area contributed by atoms with Crippen molar-refractivity contribution >= 4 is 0 Å². The van der Waals surface area contributed by atoms with Crippen molar-refractivity contribution in [1.82, 2.24) is 10.2 Å². The van der Waals surface area contributed by atoms with Crippen LogP contribution in [0.1, 0.15) is 40.0 Å². The van der Waals surface area contributed by atoms with Crippen molar-refractivity contribution in [3.8, 4) is 0 Å². The molecule has 0 spiro atoms. The van der Waals surface area contributed by atoms with E-state index in [0.717, 1.165) is 32.6 Å². The fraction of sp³-hybridized carbons (Fsp3) is 0.857. The molecule has 1 aliphatic heterocycles. The Bertz CT molecular complexity index is 228. The van der Waals surface area contributed by atoms with Gasteiger partial charge in [0, 0.05) is 19.1 Å². The Kier molecular flexibility index (Phi) is 6.75. The first-order valence-electron chi connectivity index (χ1n) is 6.86. The monoisotopic (exact) mass is 242 g/mol. The SMILES string of the molecule is C/C(F)=C\CCN(CC(C)C)C1CCNCC1. The van der Waals surface area contributed by atoms with Crippen molar-refractivity contribution in [1.29, 1.82) is 0 Å². The number of nitrogens with one attached hydrogen (secondary N) is 1. The lowest BCUT2D eigenvalue weighted by Gasteiger charge is -2.35. The van der Waals surface area contributed by atoms with E-state index in [-0.39, 0.29) is 5.83 Å². The van der Waals surface area contributed by atoms with Gasteiger partial charge in [0.25, 0.3) is 0 Å². The second-order valence-corrected chi connectivity index (χ2v) is 5.45. The van der Waals surface area contributed by atoms with Gasteiger partial charge < -0.3 is 5.32 Å². The molecule has 17 heavy (non-hydrogen) atoms. The van der Waals surface area contributed by atoms with Crippen LogP contribution in [0.2, 0.25) is 0 Å². The summed E-state index contributed by atoms with van der Waals surface area (Å²) in [5, 5.41) is 3.40. The van der Waals surface area contributed by atoms with Crippen molar-refractivity contribution in [2.45, 2.75) is 46.1 Å². The summed E-state index contributed by atoms with van der Waals surface area (Å²) in [6, 6.07) is 0.687. The summed E-state index contributed by atoms with van der Waals surface area (Å²) in [7, 11) is 0. The third-order valence-corrected chi connectivity index (χ3v) is 3.27. The van der Waals surface area contributed by atoms with Crippen LogP contribution in [0.15, 0.2) is 11.9 Å². The number of halogens is 1. The minimum atomic E-state index is -0.0557. The van der Waals surface area contributed by atoms with Gasteiger partial charge >= 0.3 is 0 Å². The van der Waals surface area contributed by atoms with Gasteiger partial charge in [-0.15, -0.1) is 0 Å². The van der Waals surface area contributed by atoms with Gasteiger partial charge in [0.05, 0.1) is 5.83 Å². The summed E-state index contributed by atoms with van der Waals surface area (Å²) in [5.41, 5.74) is 0. The molecule has 0 amide bonds. The number of nitrogens with zero attached hydrogens (tertiary/aromatic N) is 1. The second kappa shape index (κ2) is 7.83. The number of hydrogen-bond donors (Lipinski definition) is 1. The van der Waals surface area contributed by atoms with E-state index in [2.05, 4.69) is 24.1 Å². The standard InChI is InChI=1S/C14H27FN2/c1-12(2)11-17(10-4-5-13(3)15)14-6-8-16-9-7-14/h5,12,14,16H,4,6-11H2,1-3H3/b13-5+. The fourth-order valence-electron chi connectivity index (χ4n) is 2.49. The highest BCUT2D eigenvalue weighted by atomic mass is 19.1. The minimum absolute atomic E-state index is 0.0557.